The van der Waals surface area contributed by atoms with Crippen molar-refractivity contribution in [3.8, 4) is 0 Å². The van der Waals surface area contributed by atoms with Gasteiger partial charge in [-0.3, -0.25) is 0 Å². The van der Waals surface area contributed by atoms with E-state index in [0.29, 0.717) is 6.54 Å². The van der Waals surface area contributed by atoms with Crippen LogP contribution in [0.1, 0.15) is 0 Å². The maximum absolute atomic E-state index is 10.0. The van der Waals surface area contributed by atoms with Gasteiger partial charge in [-0.15, -0.1) is 0 Å². The first-order chi connectivity index (χ1) is 3.80. The van der Waals surface area contributed by atoms with Crippen molar-refractivity contribution in [3.63, 3.8) is 0 Å². The van der Waals surface area contributed by atoms with Gasteiger partial charge >= 0.3 is 6.09 Å². The number of carboxylic acid groups (broad SMARTS) is 1. The van der Waals surface area contributed by atoms with Gasteiger partial charge in [0.2, 0.25) is 0 Å². The molecular formula is C3H4N2O2S. The van der Waals surface area contributed by atoms with Crippen LogP contribution in [0.2, 0.25) is 0 Å². The highest BCUT2D eigenvalue weighted by atomic mass is 32.2. The Morgan fingerprint density at radius 2 is 2.75 bits per heavy atom. The summed E-state index contributed by atoms with van der Waals surface area (Å²) in [6, 6.07) is 0. The smallest absolute Gasteiger partial charge is 0.419 e. The van der Waals surface area contributed by atoms with E-state index in [1.807, 2.05) is 0 Å². The van der Waals surface area contributed by atoms with Crippen molar-refractivity contribution in [2.24, 2.45) is 4.40 Å². The highest BCUT2D eigenvalue weighted by molar-refractivity contribution is 7.96. The van der Waals surface area contributed by atoms with E-state index in [2.05, 4.69) is 4.40 Å². The van der Waals surface area contributed by atoms with Gasteiger partial charge in [0.15, 0.2) is 0 Å². The van der Waals surface area contributed by atoms with Gasteiger partial charge in [0.1, 0.15) is 0 Å². The fourth-order valence-corrected chi connectivity index (χ4v) is 0.794. The summed E-state index contributed by atoms with van der Waals surface area (Å²) in [7, 11) is 0. The molecule has 0 saturated carbocycles. The van der Waals surface area contributed by atoms with Crippen molar-refractivity contribution >= 4 is 24.4 Å². The van der Waals surface area contributed by atoms with E-state index in [1.54, 1.807) is 6.21 Å². The number of rotatable bonds is 0. The van der Waals surface area contributed by atoms with Crippen LogP contribution >= 0.6 is 12.1 Å². The zero-order valence-electron chi connectivity index (χ0n) is 3.94. The molecule has 8 heavy (non-hydrogen) atoms. The highest BCUT2D eigenvalue weighted by Crippen LogP contribution is 2.14. The second kappa shape index (κ2) is 2.04. The largest absolute Gasteiger partial charge is 0.464 e. The molecule has 0 unspecified atom stereocenters. The predicted octanol–water partition coefficient (Wildman–Crippen LogP) is 0.614. The van der Waals surface area contributed by atoms with Crippen LogP contribution in [0.4, 0.5) is 4.79 Å². The number of carbonyl (C=O) groups is 1. The Bertz CT molecular complexity index is 127. The molecule has 1 N–H and O–H groups in total. The van der Waals surface area contributed by atoms with E-state index in [-0.39, 0.29) is 0 Å². The third kappa shape index (κ3) is 0.919. The van der Waals surface area contributed by atoms with Crippen LogP contribution in [-0.4, -0.2) is 28.3 Å². The lowest BCUT2D eigenvalue weighted by molar-refractivity contribution is 0.179. The quantitative estimate of drug-likeness (QED) is 0.491. The fraction of sp³-hybridized carbons (Fsp3) is 0.333. The molecule has 0 spiro atoms. The molecule has 5 heteroatoms. The number of nitrogens with zero attached hydrogens (tertiary/aromatic N) is 2. The average molecular weight is 132 g/mol. The SMILES string of the molecule is O=C(O)N1CC=NS1. The van der Waals surface area contributed by atoms with Crippen molar-refractivity contribution in [3.05, 3.63) is 0 Å². The Balaban J connectivity index is 2.41. The van der Waals surface area contributed by atoms with Gasteiger partial charge in [0.05, 0.1) is 18.7 Å². The van der Waals surface area contributed by atoms with Crippen LogP contribution in [0.5, 0.6) is 0 Å². The molecule has 1 heterocycles. The topological polar surface area (TPSA) is 52.9 Å². The zero-order chi connectivity index (χ0) is 5.98. The van der Waals surface area contributed by atoms with Gasteiger partial charge < -0.3 is 5.11 Å². The zero-order valence-corrected chi connectivity index (χ0v) is 4.76. The number of hydrogen-bond acceptors (Lipinski definition) is 3. The van der Waals surface area contributed by atoms with Crippen LogP contribution in [0, 0.1) is 0 Å². The lowest BCUT2D eigenvalue weighted by atomic mass is 10.7. The lowest BCUT2D eigenvalue weighted by Gasteiger charge is -2.03. The average Bonchev–Trinajstić information content (AvgIpc) is 2.12. The minimum Gasteiger partial charge on any atom is -0.464 e. The van der Waals surface area contributed by atoms with Crippen molar-refractivity contribution in [2.45, 2.75) is 0 Å². The summed E-state index contributed by atoms with van der Waals surface area (Å²) in [5.74, 6) is 0. The molecule has 44 valence electrons. The first-order valence-corrected chi connectivity index (χ1v) is 2.73. The van der Waals surface area contributed by atoms with Gasteiger partial charge in [0.25, 0.3) is 0 Å². The highest BCUT2D eigenvalue weighted by Gasteiger charge is 2.13. The molecule has 0 radical (unpaired) electrons. The van der Waals surface area contributed by atoms with Crippen molar-refractivity contribution in [1.82, 2.24) is 4.31 Å². The molecule has 0 bridgehead atoms. The summed E-state index contributed by atoms with van der Waals surface area (Å²) in [4.78, 5) is 10.0. The van der Waals surface area contributed by atoms with E-state index < -0.39 is 6.09 Å². The molecule has 0 fully saturated rings. The van der Waals surface area contributed by atoms with Gasteiger partial charge in [-0.05, 0) is 0 Å². The molecule has 1 amide bonds. The first-order valence-electron chi connectivity index (χ1n) is 2.00. The maximum Gasteiger partial charge on any atom is 0.419 e. The van der Waals surface area contributed by atoms with Crippen molar-refractivity contribution in [1.29, 1.82) is 0 Å². The van der Waals surface area contributed by atoms with Gasteiger partial charge in [-0.1, -0.05) is 0 Å². The third-order valence-corrected chi connectivity index (χ3v) is 1.43. The predicted molar refractivity (Wildman–Crippen MR) is 30.8 cm³/mol. The molecule has 0 aromatic rings. The Hall–Kier alpha value is -0.710. The van der Waals surface area contributed by atoms with E-state index in [0.717, 1.165) is 16.4 Å². The summed E-state index contributed by atoms with van der Waals surface area (Å²) >= 11 is 0.954. The summed E-state index contributed by atoms with van der Waals surface area (Å²) < 4.78 is 4.76. The number of amides is 1. The summed E-state index contributed by atoms with van der Waals surface area (Å²) in [5.41, 5.74) is 0. The summed E-state index contributed by atoms with van der Waals surface area (Å²) in [5, 5.41) is 8.24. The molecule has 4 nitrogen and oxygen atoms in total. The summed E-state index contributed by atoms with van der Waals surface area (Å²) in [6.07, 6.45) is 0.617. The fourth-order valence-electron chi connectivity index (χ4n) is 0.344. The molecule has 1 rings (SSSR count). The van der Waals surface area contributed by atoms with Crippen molar-refractivity contribution < 1.29 is 9.90 Å². The van der Waals surface area contributed by atoms with E-state index >= 15 is 0 Å². The van der Waals surface area contributed by atoms with E-state index in [1.165, 1.54) is 0 Å². The monoisotopic (exact) mass is 132 g/mol. The Kier molecular flexibility index (Phi) is 1.38. The minimum absolute atomic E-state index is 0.403. The molecule has 0 saturated heterocycles. The Morgan fingerprint density at radius 3 is 3.00 bits per heavy atom. The molecule has 0 aromatic carbocycles. The molecule has 0 aromatic heterocycles. The second-order valence-corrected chi connectivity index (χ2v) is 2.03. The van der Waals surface area contributed by atoms with Crippen LogP contribution in [0.25, 0.3) is 0 Å². The van der Waals surface area contributed by atoms with E-state index in [9.17, 15) is 4.79 Å². The number of hydrogen-bond donors (Lipinski definition) is 1. The molecular weight excluding hydrogens is 128 g/mol. The van der Waals surface area contributed by atoms with Crippen LogP contribution < -0.4 is 0 Å². The van der Waals surface area contributed by atoms with Gasteiger partial charge in [-0.2, -0.15) is 0 Å². The normalized spacial score (nSPS) is 17.2. The van der Waals surface area contributed by atoms with Gasteiger partial charge in [0, 0.05) is 6.21 Å². The Morgan fingerprint density at radius 1 is 2.00 bits per heavy atom. The maximum atomic E-state index is 10.0. The molecule has 0 aliphatic carbocycles. The van der Waals surface area contributed by atoms with Crippen molar-refractivity contribution in [2.75, 3.05) is 6.54 Å². The first kappa shape index (κ1) is 5.43. The molecule has 0 atom stereocenters. The lowest BCUT2D eigenvalue weighted by Crippen LogP contribution is -2.19. The van der Waals surface area contributed by atoms with Crippen LogP contribution in [0.3, 0.4) is 0 Å². The molecule has 1 aliphatic rings. The minimum atomic E-state index is -0.938. The van der Waals surface area contributed by atoms with E-state index in [4.69, 9.17) is 5.11 Å². The molecule has 1 aliphatic heterocycles. The third-order valence-electron chi connectivity index (χ3n) is 0.681. The van der Waals surface area contributed by atoms with Crippen LogP contribution in [0.15, 0.2) is 4.40 Å². The Labute approximate surface area is 50.5 Å². The summed E-state index contributed by atoms with van der Waals surface area (Å²) in [6.45, 7) is 0.403. The van der Waals surface area contributed by atoms with Gasteiger partial charge in [-0.25, -0.2) is 13.5 Å². The second-order valence-electron chi connectivity index (χ2n) is 1.21. The standard InChI is InChI=1S/C3H4N2O2S/c6-3(7)5-2-1-4-8-5/h1H,2H2,(H,6,7). The van der Waals surface area contributed by atoms with Crippen LogP contribution in [-0.2, 0) is 0 Å².